The number of carbonyl (C=O) groups excluding carboxylic acids is 2. The Balaban J connectivity index is 2.29. The number of hydrogen-bond donors (Lipinski definition) is 1. The molecule has 0 saturated heterocycles. The predicted octanol–water partition coefficient (Wildman–Crippen LogP) is 2.79. The number of nitrogens with zero attached hydrogens (tertiary/aromatic N) is 2. The van der Waals surface area contributed by atoms with Crippen LogP contribution in [0.15, 0.2) is 47.6 Å². The molecular weight excluding hydrogens is 306 g/mol. The summed E-state index contributed by atoms with van der Waals surface area (Å²) in [6.07, 6.45) is 2.82. The first-order valence-electron chi connectivity index (χ1n) is 7.51. The van der Waals surface area contributed by atoms with E-state index < -0.39 is 5.91 Å². The molecule has 0 saturated carbocycles. The van der Waals surface area contributed by atoms with Gasteiger partial charge in [0.15, 0.2) is 0 Å². The summed E-state index contributed by atoms with van der Waals surface area (Å²) in [5.41, 5.74) is 6.87. The Morgan fingerprint density at radius 3 is 2.38 bits per heavy atom. The molecule has 6 heteroatoms. The maximum absolute atomic E-state index is 12.2. The van der Waals surface area contributed by atoms with Gasteiger partial charge in [0.05, 0.1) is 5.69 Å². The van der Waals surface area contributed by atoms with Crippen molar-refractivity contribution in [2.45, 2.75) is 32.7 Å². The van der Waals surface area contributed by atoms with Crippen LogP contribution in [0, 0.1) is 0 Å². The Kier molecular flexibility index (Phi) is 4.87. The number of benzene rings is 1. The van der Waals surface area contributed by atoms with Crippen LogP contribution in [0.4, 0.5) is 5.69 Å². The fraction of sp³-hybridized carbons (Fsp3) is 0.278. The van der Waals surface area contributed by atoms with Crippen molar-refractivity contribution in [2.75, 3.05) is 4.90 Å². The summed E-state index contributed by atoms with van der Waals surface area (Å²) >= 11 is 0. The molecule has 1 heterocycles. The van der Waals surface area contributed by atoms with E-state index in [1.807, 2.05) is 20.8 Å². The number of nitrogens with two attached hydrogens (primary N) is 1. The molecule has 2 N–H and O–H groups in total. The van der Waals surface area contributed by atoms with Gasteiger partial charge in [-0.15, -0.1) is 0 Å². The molecule has 126 valence electrons. The van der Waals surface area contributed by atoms with Crippen LogP contribution in [-0.2, 0) is 16.8 Å². The highest BCUT2D eigenvalue weighted by molar-refractivity contribution is 6.01. The monoisotopic (exact) mass is 327 g/mol. The molecule has 0 atom stereocenters. The number of primary amides is 1. The van der Waals surface area contributed by atoms with Crippen molar-refractivity contribution in [3.05, 3.63) is 60.3 Å². The maximum atomic E-state index is 12.2. The zero-order chi connectivity index (χ0) is 17.9. The molecule has 2 amide bonds. The van der Waals surface area contributed by atoms with Crippen LogP contribution >= 0.6 is 0 Å². The molecule has 2 aromatic rings. The Bertz CT molecular complexity index is 755. The summed E-state index contributed by atoms with van der Waals surface area (Å²) in [5, 5.41) is 0. The standard InChI is InChI=1S/C18H21N3O3/c1-5-16(22)21(13-8-6-12(7-9-13)17(19)23)10-15-20-14(11-24-15)18(2,3)4/h5-9,11H,1,10H2,2-4H3,(H2,19,23). The van der Waals surface area contributed by atoms with Crippen molar-refractivity contribution >= 4 is 17.5 Å². The molecular formula is C18H21N3O3. The van der Waals surface area contributed by atoms with Gasteiger partial charge >= 0.3 is 0 Å². The van der Waals surface area contributed by atoms with E-state index in [9.17, 15) is 9.59 Å². The summed E-state index contributed by atoms with van der Waals surface area (Å²) in [7, 11) is 0. The van der Waals surface area contributed by atoms with E-state index in [0.29, 0.717) is 17.1 Å². The minimum atomic E-state index is -0.523. The summed E-state index contributed by atoms with van der Waals surface area (Å²) in [4.78, 5) is 29.3. The summed E-state index contributed by atoms with van der Waals surface area (Å²) in [5.74, 6) is -0.392. The quantitative estimate of drug-likeness (QED) is 0.855. The van der Waals surface area contributed by atoms with Gasteiger partial charge < -0.3 is 10.2 Å². The summed E-state index contributed by atoms with van der Waals surface area (Å²) in [6.45, 7) is 9.78. The van der Waals surface area contributed by atoms with Gasteiger partial charge in [0, 0.05) is 16.7 Å². The van der Waals surface area contributed by atoms with E-state index in [-0.39, 0.29) is 17.9 Å². The molecule has 2 rings (SSSR count). The normalized spacial score (nSPS) is 11.1. The number of hydrogen-bond acceptors (Lipinski definition) is 4. The Morgan fingerprint density at radius 1 is 1.29 bits per heavy atom. The van der Waals surface area contributed by atoms with E-state index in [2.05, 4.69) is 11.6 Å². The first kappa shape index (κ1) is 17.5. The average molecular weight is 327 g/mol. The summed E-state index contributed by atoms with van der Waals surface area (Å²) in [6, 6.07) is 6.43. The maximum Gasteiger partial charge on any atom is 0.250 e. The van der Waals surface area contributed by atoms with Crippen LogP contribution in [0.25, 0.3) is 0 Å². The highest BCUT2D eigenvalue weighted by Crippen LogP contribution is 2.23. The van der Waals surface area contributed by atoms with Crippen LogP contribution in [0.3, 0.4) is 0 Å². The molecule has 1 aromatic heterocycles. The third-order valence-electron chi connectivity index (χ3n) is 3.52. The first-order valence-corrected chi connectivity index (χ1v) is 7.51. The second-order valence-electron chi connectivity index (χ2n) is 6.42. The molecule has 6 nitrogen and oxygen atoms in total. The fourth-order valence-corrected chi connectivity index (χ4v) is 2.08. The fourth-order valence-electron chi connectivity index (χ4n) is 2.08. The van der Waals surface area contributed by atoms with Crippen LogP contribution in [0.1, 0.15) is 42.7 Å². The number of aromatic nitrogens is 1. The van der Waals surface area contributed by atoms with Gasteiger partial charge in [-0.3, -0.25) is 14.5 Å². The van der Waals surface area contributed by atoms with Crippen molar-refractivity contribution in [3.63, 3.8) is 0 Å². The number of anilines is 1. The molecule has 0 bridgehead atoms. The zero-order valence-corrected chi connectivity index (χ0v) is 14.1. The number of oxazole rings is 1. The lowest BCUT2D eigenvalue weighted by atomic mass is 9.93. The van der Waals surface area contributed by atoms with Gasteiger partial charge in [0.25, 0.3) is 5.91 Å². The second-order valence-corrected chi connectivity index (χ2v) is 6.42. The lowest BCUT2D eigenvalue weighted by molar-refractivity contribution is -0.114. The lowest BCUT2D eigenvalue weighted by Gasteiger charge is -2.20. The number of carbonyl (C=O) groups is 2. The Morgan fingerprint density at radius 2 is 1.92 bits per heavy atom. The smallest absolute Gasteiger partial charge is 0.250 e. The van der Waals surface area contributed by atoms with Gasteiger partial charge in [0.1, 0.15) is 12.8 Å². The van der Waals surface area contributed by atoms with Gasteiger partial charge in [0.2, 0.25) is 11.8 Å². The molecule has 0 aliphatic rings. The van der Waals surface area contributed by atoms with Gasteiger partial charge in [-0.1, -0.05) is 27.4 Å². The zero-order valence-electron chi connectivity index (χ0n) is 14.1. The van der Waals surface area contributed by atoms with Crippen LogP contribution in [-0.4, -0.2) is 16.8 Å². The Labute approximate surface area is 141 Å². The molecule has 0 aliphatic heterocycles. The molecule has 0 radical (unpaired) electrons. The number of amides is 2. The van der Waals surface area contributed by atoms with E-state index in [4.69, 9.17) is 10.2 Å². The third kappa shape index (κ3) is 3.90. The van der Waals surface area contributed by atoms with E-state index in [1.54, 1.807) is 30.5 Å². The topological polar surface area (TPSA) is 89.4 Å². The van der Waals surface area contributed by atoms with Gasteiger partial charge in [-0.2, -0.15) is 0 Å². The third-order valence-corrected chi connectivity index (χ3v) is 3.52. The van der Waals surface area contributed by atoms with Crippen molar-refractivity contribution in [2.24, 2.45) is 5.73 Å². The second kappa shape index (κ2) is 6.70. The van der Waals surface area contributed by atoms with Crippen LogP contribution in [0.2, 0.25) is 0 Å². The SMILES string of the molecule is C=CC(=O)N(Cc1nc(C(C)(C)C)co1)c1ccc(C(N)=O)cc1. The predicted molar refractivity (Wildman–Crippen MR) is 91.5 cm³/mol. The van der Waals surface area contributed by atoms with E-state index in [0.717, 1.165) is 5.69 Å². The van der Waals surface area contributed by atoms with E-state index in [1.165, 1.54) is 11.0 Å². The average Bonchev–Trinajstić information content (AvgIpc) is 3.01. The van der Waals surface area contributed by atoms with Crippen molar-refractivity contribution in [3.8, 4) is 0 Å². The van der Waals surface area contributed by atoms with Gasteiger partial charge in [-0.25, -0.2) is 4.98 Å². The van der Waals surface area contributed by atoms with Crippen molar-refractivity contribution < 1.29 is 14.0 Å². The largest absolute Gasteiger partial charge is 0.447 e. The first-order chi connectivity index (χ1) is 11.2. The molecule has 0 fully saturated rings. The van der Waals surface area contributed by atoms with E-state index >= 15 is 0 Å². The van der Waals surface area contributed by atoms with Crippen LogP contribution in [0.5, 0.6) is 0 Å². The minimum Gasteiger partial charge on any atom is -0.447 e. The highest BCUT2D eigenvalue weighted by atomic mass is 16.3. The Hall–Kier alpha value is -2.89. The minimum absolute atomic E-state index is 0.141. The van der Waals surface area contributed by atoms with Crippen LogP contribution < -0.4 is 10.6 Å². The summed E-state index contributed by atoms with van der Waals surface area (Å²) < 4.78 is 5.49. The van der Waals surface area contributed by atoms with Crippen molar-refractivity contribution in [1.82, 2.24) is 4.98 Å². The number of rotatable bonds is 5. The lowest BCUT2D eigenvalue weighted by Crippen LogP contribution is -2.29. The molecule has 24 heavy (non-hydrogen) atoms. The van der Waals surface area contributed by atoms with Crippen molar-refractivity contribution in [1.29, 1.82) is 0 Å². The molecule has 0 aliphatic carbocycles. The molecule has 0 spiro atoms. The highest BCUT2D eigenvalue weighted by Gasteiger charge is 2.21. The molecule has 0 unspecified atom stereocenters. The van der Waals surface area contributed by atoms with Gasteiger partial charge in [-0.05, 0) is 30.3 Å². The molecule has 1 aromatic carbocycles.